The number of carbonyl (C=O) groups excluding carboxylic acids is 3. The molecule has 2 aromatic carbocycles. The van der Waals surface area contributed by atoms with Crippen molar-refractivity contribution in [3.8, 4) is 5.75 Å². The van der Waals surface area contributed by atoms with E-state index in [1.807, 2.05) is 43.3 Å². The van der Waals surface area contributed by atoms with Crippen LogP contribution in [0.25, 0.3) is 0 Å². The van der Waals surface area contributed by atoms with Gasteiger partial charge in [0.2, 0.25) is 11.8 Å². The van der Waals surface area contributed by atoms with E-state index in [0.717, 1.165) is 0 Å². The molecule has 2 aromatic rings. The summed E-state index contributed by atoms with van der Waals surface area (Å²) in [5.41, 5.74) is -0.215. The Bertz CT molecular complexity index is 1430. The zero-order valence-electron chi connectivity index (χ0n) is 22.9. The highest BCUT2D eigenvalue weighted by Crippen LogP contribution is 2.54. The van der Waals surface area contributed by atoms with Gasteiger partial charge >= 0.3 is 0 Å². The van der Waals surface area contributed by atoms with E-state index >= 15 is 0 Å². The van der Waals surface area contributed by atoms with E-state index in [-0.39, 0.29) is 25.0 Å². The number of halogens is 1. The minimum absolute atomic E-state index is 0.212. The number of fused-ring (bicyclic) bond motifs is 2. The average molecular weight is 578 g/mol. The van der Waals surface area contributed by atoms with Crippen LogP contribution in [0.15, 0.2) is 72.8 Å². The number of ether oxygens (including phenoxy) is 2. The average Bonchev–Trinajstić information content (AvgIpc) is 3.30. The van der Waals surface area contributed by atoms with Gasteiger partial charge < -0.3 is 29.3 Å². The normalized spacial score (nSPS) is 29.7. The van der Waals surface area contributed by atoms with Crippen molar-refractivity contribution in [1.29, 1.82) is 0 Å². The van der Waals surface area contributed by atoms with Crippen LogP contribution in [0.3, 0.4) is 0 Å². The molecule has 0 aliphatic carbocycles. The number of hydrogen-bond acceptors (Lipinski definition) is 6. The smallest absolute Gasteiger partial charge is 0.253 e. The summed E-state index contributed by atoms with van der Waals surface area (Å²) in [6.07, 6.45) is 6.56. The highest BCUT2D eigenvalue weighted by Gasteiger charge is 2.72. The monoisotopic (exact) mass is 577 g/mol. The molecule has 0 saturated carbocycles. The van der Waals surface area contributed by atoms with Gasteiger partial charge in [0, 0.05) is 18.8 Å². The lowest BCUT2D eigenvalue weighted by molar-refractivity contribution is -0.143. The van der Waals surface area contributed by atoms with Gasteiger partial charge in [0.1, 0.15) is 17.4 Å². The van der Waals surface area contributed by atoms with Crippen LogP contribution in [0, 0.1) is 11.8 Å². The molecular formula is C31H32ClN3O6. The van der Waals surface area contributed by atoms with Crippen molar-refractivity contribution in [3.05, 3.63) is 77.9 Å². The molecule has 1 spiro atoms. The lowest BCUT2D eigenvalue weighted by Gasteiger charge is -2.37. The molecule has 4 aliphatic rings. The second-order valence-electron chi connectivity index (χ2n) is 10.7. The van der Waals surface area contributed by atoms with E-state index < -0.39 is 41.5 Å². The molecule has 41 heavy (non-hydrogen) atoms. The summed E-state index contributed by atoms with van der Waals surface area (Å²) in [6.45, 7) is 4.29. The number of nitrogens with zero attached hydrogens (tertiary/aromatic N) is 3. The van der Waals surface area contributed by atoms with Gasteiger partial charge in [0.05, 0.1) is 47.9 Å². The first-order valence-corrected chi connectivity index (χ1v) is 14.3. The van der Waals surface area contributed by atoms with Crippen molar-refractivity contribution >= 4 is 40.7 Å². The van der Waals surface area contributed by atoms with Crippen molar-refractivity contribution in [2.75, 3.05) is 36.1 Å². The fourth-order valence-electron chi connectivity index (χ4n) is 6.65. The SMILES string of the molecule is CCOc1ccc(N2CC=C[C@@H]3O[C@]45C=CCN(c6ccccc6Cl)C(=O)C4N([C@H](C)CO)C(=O)[C@@H]5[C@@H]3C2=O)cc1. The molecule has 2 saturated heterocycles. The Balaban J connectivity index is 1.42. The molecule has 2 fully saturated rings. The Morgan fingerprint density at radius 1 is 1.02 bits per heavy atom. The van der Waals surface area contributed by atoms with Crippen LogP contribution in [-0.4, -0.2) is 77.8 Å². The van der Waals surface area contributed by atoms with E-state index in [9.17, 15) is 19.5 Å². The van der Waals surface area contributed by atoms with E-state index in [4.69, 9.17) is 21.1 Å². The molecule has 1 unspecified atom stereocenters. The van der Waals surface area contributed by atoms with Crippen LogP contribution in [-0.2, 0) is 19.1 Å². The first kappa shape index (κ1) is 27.5. The van der Waals surface area contributed by atoms with Crippen LogP contribution in [0.1, 0.15) is 13.8 Å². The molecule has 4 aliphatic heterocycles. The molecule has 6 rings (SSSR count). The minimum atomic E-state index is -1.40. The Hall–Kier alpha value is -3.66. The number of hydrogen-bond donors (Lipinski definition) is 1. The van der Waals surface area contributed by atoms with E-state index in [1.165, 1.54) is 9.80 Å². The first-order valence-electron chi connectivity index (χ1n) is 13.9. The standard InChI is InChI=1S/C31H32ClN3O6/c1-3-40-21-13-11-20(12-14-21)33-16-6-10-24-25(28(33)37)26-29(38)35(19(2)18-36)27-30(39)34(17-7-15-31(26,27)41-24)23-9-5-4-8-22(23)32/h4-15,19,24-27,36H,3,16-18H2,1-2H3/t19-,24+,25-,26+,27?,31+/m1/s1. The number of rotatable bonds is 6. The predicted octanol–water partition coefficient (Wildman–Crippen LogP) is 3.21. The lowest BCUT2D eigenvalue weighted by atomic mass is 9.77. The van der Waals surface area contributed by atoms with Crippen molar-refractivity contribution < 1.29 is 29.0 Å². The van der Waals surface area contributed by atoms with Gasteiger partial charge in [-0.2, -0.15) is 0 Å². The Morgan fingerprint density at radius 3 is 2.46 bits per heavy atom. The number of carbonyl (C=O) groups is 3. The largest absolute Gasteiger partial charge is 0.494 e. The maximum atomic E-state index is 14.4. The van der Waals surface area contributed by atoms with Crippen molar-refractivity contribution in [2.45, 2.75) is 37.6 Å². The summed E-state index contributed by atoms with van der Waals surface area (Å²) in [5, 5.41) is 10.5. The molecule has 6 atom stereocenters. The topological polar surface area (TPSA) is 99.6 Å². The highest BCUT2D eigenvalue weighted by molar-refractivity contribution is 6.34. The zero-order chi connectivity index (χ0) is 28.9. The third-order valence-electron chi connectivity index (χ3n) is 8.44. The Labute approximate surface area is 243 Å². The molecule has 1 N–H and O–H groups in total. The lowest BCUT2D eigenvalue weighted by Crippen LogP contribution is -2.57. The summed E-state index contributed by atoms with van der Waals surface area (Å²) in [7, 11) is 0. The maximum absolute atomic E-state index is 14.4. The molecule has 0 radical (unpaired) electrons. The third kappa shape index (κ3) is 4.26. The van der Waals surface area contributed by atoms with E-state index in [0.29, 0.717) is 35.3 Å². The molecule has 214 valence electrons. The number of benzene rings is 2. The fourth-order valence-corrected chi connectivity index (χ4v) is 6.88. The van der Waals surface area contributed by atoms with Gasteiger partial charge in [-0.3, -0.25) is 14.4 Å². The predicted molar refractivity (Wildman–Crippen MR) is 154 cm³/mol. The van der Waals surface area contributed by atoms with Crippen LogP contribution in [0.4, 0.5) is 11.4 Å². The van der Waals surface area contributed by atoms with Crippen molar-refractivity contribution in [2.24, 2.45) is 11.8 Å². The summed E-state index contributed by atoms with van der Waals surface area (Å²) in [6, 6.07) is 12.5. The first-order chi connectivity index (χ1) is 19.8. The van der Waals surface area contributed by atoms with Gasteiger partial charge in [0.25, 0.3) is 5.91 Å². The van der Waals surface area contributed by atoms with Gasteiger partial charge in [-0.05, 0) is 50.2 Å². The van der Waals surface area contributed by atoms with Gasteiger partial charge in [-0.15, -0.1) is 0 Å². The van der Waals surface area contributed by atoms with Gasteiger partial charge in [-0.1, -0.05) is 48.0 Å². The van der Waals surface area contributed by atoms with E-state index in [1.54, 1.807) is 48.2 Å². The number of amides is 3. The number of para-hydroxylation sites is 1. The summed E-state index contributed by atoms with van der Waals surface area (Å²) < 4.78 is 12.2. The number of likely N-dealkylation sites (tertiary alicyclic amines) is 1. The number of aliphatic hydroxyl groups is 1. The summed E-state index contributed by atoms with van der Waals surface area (Å²) in [5.74, 6) is -2.16. The molecular weight excluding hydrogens is 546 g/mol. The number of aliphatic hydroxyl groups excluding tert-OH is 1. The quantitative estimate of drug-likeness (QED) is 0.530. The van der Waals surface area contributed by atoms with Crippen LogP contribution < -0.4 is 14.5 Å². The van der Waals surface area contributed by atoms with Crippen LogP contribution in [0.2, 0.25) is 5.02 Å². The molecule has 10 heteroatoms. The summed E-state index contributed by atoms with van der Waals surface area (Å²) in [4.78, 5) is 47.5. The van der Waals surface area contributed by atoms with Crippen molar-refractivity contribution in [3.63, 3.8) is 0 Å². The van der Waals surface area contributed by atoms with Gasteiger partial charge in [0.15, 0.2) is 0 Å². The molecule has 3 amide bonds. The van der Waals surface area contributed by atoms with Gasteiger partial charge in [-0.25, -0.2) is 0 Å². The van der Waals surface area contributed by atoms with Crippen molar-refractivity contribution in [1.82, 2.24) is 4.90 Å². The van der Waals surface area contributed by atoms with E-state index in [2.05, 4.69) is 0 Å². The number of anilines is 2. The van der Waals surface area contributed by atoms with Crippen LogP contribution >= 0.6 is 11.6 Å². The third-order valence-corrected chi connectivity index (χ3v) is 8.76. The summed E-state index contributed by atoms with van der Waals surface area (Å²) >= 11 is 6.48. The second-order valence-corrected chi connectivity index (χ2v) is 11.1. The highest BCUT2D eigenvalue weighted by atomic mass is 35.5. The maximum Gasteiger partial charge on any atom is 0.253 e. The molecule has 0 bridgehead atoms. The zero-order valence-corrected chi connectivity index (χ0v) is 23.6. The van der Waals surface area contributed by atoms with Crippen LogP contribution in [0.5, 0.6) is 5.75 Å². The minimum Gasteiger partial charge on any atom is -0.494 e. The second kappa shape index (κ2) is 10.6. The molecule has 9 nitrogen and oxygen atoms in total. The fraction of sp³-hybridized carbons (Fsp3) is 0.387. The Kier molecular flexibility index (Phi) is 7.13. The Morgan fingerprint density at radius 2 is 1.76 bits per heavy atom. The molecule has 4 heterocycles. The molecule has 0 aromatic heterocycles.